The minimum absolute atomic E-state index is 0.593. The molecule has 15 heavy (non-hydrogen) atoms. The largest absolute Gasteiger partial charge is 0.0930 e. The van der Waals surface area contributed by atoms with Crippen molar-refractivity contribution in [3.05, 3.63) is 23.6 Å². The number of rotatable bonds is 7. The summed E-state index contributed by atoms with van der Waals surface area (Å²) in [4.78, 5) is 0. The summed E-state index contributed by atoms with van der Waals surface area (Å²) < 4.78 is 0. The van der Waals surface area contributed by atoms with Crippen molar-refractivity contribution < 1.29 is 0 Å². The number of hydrogen-bond donors (Lipinski definition) is 0. The molecule has 0 nitrogen and oxygen atoms in total. The summed E-state index contributed by atoms with van der Waals surface area (Å²) in [5, 5.41) is 0.593. The number of hydrogen-bond acceptors (Lipinski definition) is 0. The molecule has 0 bridgehead atoms. The molecule has 0 aliphatic carbocycles. The molecule has 0 unspecified atom stereocenters. The molecular weight excluding hydrogens is 196 g/mol. The van der Waals surface area contributed by atoms with Crippen LogP contribution in [-0.2, 0) is 0 Å². The van der Waals surface area contributed by atoms with Crippen LogP contribution in [0.2, 0.25) is 5.04 Å². The smallest absolute Gasteiger partial charge is 0.0907 e. The van der Waals surface area contributed by atoms with Crippen molar-refractivity contribution in [2.24, 2.45) is 0 Å². The maximum atomic E-state index is 2.48. The fourth-order valence-electron chi connectivity index (χ4n) is 2.30. The summed E-state index contributed by atoms with van der Waals surface area (Å²) in [5.74, 6) is 0. The predicted molar refractivity (Wildman–Crippen MR) is 72.8 cm³/mol. The highest BCUT2D eigenvalue weighted by Gasteiger charge is 2.27. The van der Waals surface area contributed by atoms with E-state index in [-0.39, 0.29) is 0 Å². The third-order valence-corrected chi connectivity index (χ3v) is 6.94. The molecule has 1 aliphatic heterocycles. The third-order valence-electron chi connectivity index (χ3n) is 3.58. The third kappa shape index (κ3) is 4.37. The summed E-state index contributed by atoms with van der Waals surface area (Å²) >= 11 is 0. The van der Waals surface area contributed by atoms with Crippen molar-refractivity contribution in [3.8, 4) is 0 Å². The molecule has 0 aromatic rings. The first kappa shape index (κ1) is 12.8. The van der Waals surface area contributed by atoms with Gasteiger partial charge in [-0.2, -0.15) is 0 Å². The Morgan fingerprint density at radius 3 is 2.13 bits per heavy atom. The van der Waals surface area contributed by atoms with Gasteiger partial charge in [-0.25, -0.2) is 0 Å². The summed E-state index contributed by atoms with van der Waals surface area (Å²) in [6, 6.07) is 0. The van der Waals surface area contributed by atoms with Gasteiger partial charge in [-0.15, -0.1) is 0 Å². The Labute approximate surface area is 97.1 Å². The van der Waals surface area contributed by atoms with Gasteiger partial charge in [-0.05, 0) is 5.04 Å². The highest BCUT2D eigenvalue weighted by atomic mass is 28.3. The molecule has 1 heteroatoms. The van der Waals surface area contributed by atoms with Gasteiger partial charge in [-0.1, -0.05) is 82.8 Å². The minimum atomic E-state index is -0.710. The average Bonchev–Trinajstić information content (AvgIpc) is 2.70. The molecule has 1 heterocycles. The first-order valence-corrected chi connectivity index (χ1v) is 8.43. The molecule has 0 saturated heterocycles. The molecule has 0 radical (unpaired) electrons. The van der Waals surface area contributed by atoms with E-state index < -0.39 is 8.80 Å². The van der Waals surface area contributed by atoms with E-state index in [0.29, 0.717) is 5.04 Å². The van der Waals surface area contributed by atoms with E-state index >= 15 is 0 Å². The first-order valence-electron chi connectivity index (χ1n) is 6.52. The fraction of sp³-hybridized carbons (Fsp3) is 0.714. The molecule has 0 aromatic carbocycles. The quantitative estimate of drug-likeness (QED) is 0.437. The van der Waals surface area contributed by atoms with Gasteiger partial charge in [0.25, 0.3) is 0 Å². The summed E-state index contributed by atoms with van der Waals surface area (Å²) in [6.07, 6.45) is 13.0. The summed E-state index contributed by atoms with van der Waals surface area (Å²) in [5.41, 5.74) is 4.96. The Bertz CT molecular complexity index is 213. The van der Waals surface area contributed by atoms with Crippen molar-refractivity contribution in [1.29, 1.82) is 0 Å². The van der Waals surface area contributed by atoms with Gasteiger partial charge in [-0.3, -0.25) is 0 Å². The molecule has 0 fully saturated rings. The Kier molecular flexibility index (Phi) is 5.38. The minimum Gasteiger partial charge on any atom is -0.0930 e. The van der Waals surface area contributed by atoms with Gasteiger partial charge in [0.1, 0.15) is 0 Å². The van der Waals surface area contributed by atoms with Crippen LogP contribution >= 0.6 is 0 Å². The Balaban J connectivity index is 2.18. The first-order chi connectivity index (χ1) is 7.17. The molecule has 1 rings (SSSR count). The molecular formula is C14H26Si. The fourth-order valence-corrected chi connectivity index (χ4v) is 4.75. The lowest BCUT2D eigenvalue weighted by Gasteiger charge is -2.28. The second-order valence-corrected chi connectivity index (χ2v) is 8.83. The van der Waals surface area contributed by atoms with Gasteiger partial charge in [0.15, 0.2) is 0 Å². The average molecular weight is 222 g/mol. The van der Waals surface area contributed by atoms with E-state index in [1.807, 2.05) is 0 Å². The molecule has 0 amide bonds. The molecule has 1 aliphatic rings. The van der Waals surface area contributed by atoms with Crippen molar-refractivity contribution in [3.63, 3.8) is 0 Å². The SMILES string of the molecule is CCCCCCCC(C)(C)[SiH]1C=CC=C1. The Morgan fingerprint density at radius 1 is 0.933 bits per heavy atom. The zero-order valence-corrected chi connectivity index (χ0v) is 11.8. The van der Waals surface area contributed by atoms with E-state index in [9.17, 15) is 0 Å². The topological polar surface area (TPSA) is 0 Å². The van der Waals surface area contributed by atoms with Gasteiger partial charge in [0.2, 0.25) is 0 Å². The van der Waals surface area contributed by atoms with E-state index in [4.69, 9.17) is 0 Å². The lowest BCUT2D eigenvalue weighted by Crippen LogP contribution is -2.23. The van der Waals surface area contributed by atoms with Gasteiger partial charge in [0.05, 0.1) is 8.80 Å². The molecule has 0 aromatic heterocycles. The zero-order chi connectivity index (χ0) is 11.1. The van der Waals surface area contributed by atoms with Crippen LogP contribution in [0.1, 0.15) is 59.3 Å². The van der Waals surface area contributed by atoms with Crippen LogP contribution in [-0.4, -0.2) is 8.80 Å². The van der Waals surface area contributed by atoms with Gasteiger partial charge < -0.3 is 0 Å². The maximum Gasteiger partial charge on any atom is 0.0907 e. The van der Waals surface area contributed by atoms with Crippen LogP contribution in [0, 0.1) is 0 Å². The second-order valence-electron chi connectivity index (χ2n) is 5.45. The van der Waals surface area contributed by atoms with Crippen LogP contribution in [0.25, 0.3) is 0 Å². The lowest BCUT2D eigenvalue weighted by molar-refractivity contribution is 0.528. The zero-order valence-electron chi connectivity index (χ0n) is 10.6. The van der Waals surface area contributed by atoms with E-state index in [0.717, 1.165) is 0 Å². The summed E-state index contributed by atoms with van der Waals surface area (Å²) in [7, 11) is -0.710. The molecule has 0 saturated carbocycles. The van der Waals surface area contributed by atoms with E-state index in [1.54, 1.807) is 0 Å². The van der Waals surface area contributed by atoms with E-state index in [1.165, 1.54) is 38.5 Å². The predicted octanol–water partition coefficient (Wildman–Crippen LogP) is 4.56. The van der Waals surface area contributed by atoms with Crippen molar-refractivity contribution in [1.82, 2.24) is 0 Å². The van der Waals surface area contributed by atoms with Crippen molar-refractivity contribution in [2.45, 2.75) is 64.3 Å². The van der Waals surface area contributed by atoms with Crippen LogP contribution in [0.3, 0.4) is 0 Å². The molecule has 86 valence electrons. The molecule has 0 N–H and O–H groups in total. The van der Waals surface area contributed by atoms with Gasteiger partial charge in [0, 0.05) is 0 Å². The highest BCUT2D eigenvalue weighted by Crippen LogP contribution is 2.37. The Morgan fingerprint density at radius 2 is 1.53 bits per heavy atom. The number of unbranched alkanes of at least 4 members (excludes halogenated alkanes) is 4. The normalized spacial score (nSPS) is 16.5. The molecule has 0 atom stereocenters. The number of allylic oxidation sites excluding steroid dienone is 2. The Hall–Kier alpha value is -0.303. The van der Waals surface area contributed by atoms with Crippen LogP contribution in [0.4, 0.5) is 0 Å². The standard InChI is InChI=1S/C14H26Si/c1-4-5-6-7-8-11-14(2,3)15-12-9-10-13-15/h9-10,12-13,15H,4-8,11H2,1-3H3. The van der Waals surface area contributed by atoms with Gasteiger partial charge >= 0.3 is 0 Å². The summed E-state index contributed by atoms with van der Waals surface area (Å²) in [6.45, 7) is 7.21. The highest BCUT2D eigenvalue weighted by molar-refractivity contribution is 6.73. The van der Waals surface area contributed by atoms with Crippen molar-refractivity contribution in [2.75, 3.05) is 0 Å². The second kappa shape index (κ2) is 6.32. The van der Waals surface area contributed by atoms with Crippen LogP contribution < -0.4 is 0 Å². The van der Waals surface area contributed by atoms with Crippen molar-refractivity contribution >= 4 is 8.80 Å². The monoisotopic (exact) mass is 222 g/mol. The van der Waals surface area contributed by atoms with Crippen LogP contribution in [0.5, 0.6) is 0 Å². The maximum absolute atomic E-state index is 2.48. The molecule has 0 spiro atoms. The lowest BCUT2D eigenvalue weighted by atomic mass is 10.0. The van der Waals surface area contributed by atoms with E-state index in [2.05, 4.69) is 44.3 Å². The van der Waals surface area contributed by atoms with Crippen LogP contribution in [0.15, 0.2) is 23.6 Å².